The van der Waals surface area contributed by atoms with Crippen LogP contribution in [-0.2, 0) is 12.3 Å². The number of para-hydroxylation sites is 1. The lowest BCUT2D eigenvalue weighted by Crippen LogP contribution is -2.06. The van der Waals surface area contributed by atoms with Crippen molar-refractivity contribution in [3.63, 3.8) is 0 Å². The van der Waals surface area contributed by atoms with E-state index in [-0.39, 0.29) is 0 Å². The molecule has 5 rings (SSSR count). The van der Waals surface area contributed by atoms with Gasteiger partial charge in [0.15, 0.2) is 11.0 Å². The zero-order chi connectivity index (χ0) is 23.5. The van der Waals surface area contributed by atoms with Gasteiger partial charge in [0.05, 0.1) is 17.0 Å². The Morgan fingerprint density at radius 2 is 1.74 bits per heavy atom. The van der Waals surface area contributed by atoms with Crippen molar-refractivity contribution in [2.24, 2.45) is 5.92 Å². The normalized spacial score (nSPS) is 11.5. The quantitative estimate of drug-likeness (QED) is 0.250. The van der Waals surface area contributed by atoms with Crippen LogP contribution >= 0.6 is 11.8 Å². The van der Waals surface area contributed by atoms with Crippen molar-refractivity contribution < 1.29 is 4.42 Å². The van der Waals surface area contributed by atoms with Gasteiger partial charge >= 0.3 is 0 Å². The molecule has 0 aliphatic rings. The zero-order valence-corrected chi connectivity index (χ0v) is 20.3. The summed E-state index contributed by atoms with van der Waals surface area (Å²) in [7, 11) is 0. The van der Waals surface area contributed by atoms with Crippen LogP contribution in [0.3, 0.4) is 0 Å². The van der Waals surface area contributed by atoms with Crippen LogP contribution in [0.4, 0.5) is 0 Å². The summed E-state index contributed by atoms with van der Waals surface area (Å²) < 4.78 is 7.76. The molecule has 3 heterocycles. The lowest BCUT2D eigenvalue weighted by Gasteiger charge is -2.14. The molecule has 0 aliphatic carbocycles. The average Bonchev–Trinajstić information content (AvgIpc) is 3.46. The summed E-state index contributed by atoms with van der Waals surface area (Å²) in [5, 5.41) is 19.2. The molecule has 5 aromatic rings. The number of pyridine rings is 1. The number of hydrogen-bond donors (Lipinski definition) is 0. The second kappa shape index (κ2) is 9.77. The van der Waals surface area contributed by atoms with Gasteiger partial charge in [-0.1, -0.05) is 74.1 Å². The molecule has 0 saturated heterocycles. The summed E-state index contributed by atoms with van der Waals surface area (Å²) in [6, 6.07) is 20.6. The SMILES string of the molecule is Cc1nnc(CSc2nnc(-c3cc(-c4ccccc4)nc4ccccc34)n2CCC(C)C)o1. The summed E-state index contributed by atoms with van der Waals surface area (Å²) in [6.07, 6.45) is 1.02. The minimum atomic E-state index is 0.549. The third-order valence-corrected chi connectivity index (χ3v) is 6.52. The van der Waals surface area contributed by atoms with E-state index in [1.165, 1.54) is 0 Å². The summed E-state index contributed by atoms with van der Waals surface area (Å²) in [4.78, 5) is 4.93. The Hall–Kier alpha value is -3.52. The first-order valence-electron chi connectivity index (χ1n) is 11.4. The number of aryl methyl sites for hydroxylation is 1. The van der Waals surface area contributed by atoms with Crippen LogP contribution in [0, 0.1) is 12.8 Å². The van der Waals surface area contributed by atoms with Crippen molar-refractivity contribution >= 4 is 22.7 Å². The van der Waals surface area contributed by atoms with Gasteiger partial charge in [0.2, 0.25) is 11.8 Å². The van der Waals surface area contributed by atoms with Crippen LogP contribution in [0.15, 0.2) is 70.2 Å². The van der Waals surface area contributed by atoms with E-state index in [1.54, 1.807) is 18.7 Å². The van der Waals surface area contributed by atoms with Gasteiger partial charge in [-0.25, -0.2) is 4.98 Å². The minimum absolute atomic E-state index is 0.549. The Bertz CT molecular complexity index is 1410. The van der Waals surface area contributed by atoms with E-state index < -0.39 is 0 Å². The maximum absolute atomic E-state index is 5.55. The molecular weight excluding hydrogens is 444 g/mol. The molecule has 172 valence electrons. The molecule has 34 heavy (non-hydrogen) atoms. The molecule has 7 nitrogen and oxygen atoms in total. The molecule has 2 aromatic carbocycles. The summed E-state index contributed by atoms with van der Waals surface area (Å²) in [5.74, 6) is 3.10. The second-order valence-corrected chi connectivity index (χ2v) is 9.52. The van der Waals surface area contributed by atoms with E-state index >= 15 is 0 Å². The molecule has 0 unspecified atom stereocenters. The van der Waals surface area contributed by atoms with Crippen molar-refractivity contribution in [1.29, 1.82) is 0 Å². The number of rotatable bonds is 8. The van der Waals surface area contributed by atoms with E-state index in [2.05, 4.69) is 63.1 Å². The average molecular weight is 471 g/mol. The molecule has 0 bridgehead atoms. The smallest absolute Gasteiger partial charge is 0.226 e. The Kier molecular flexibility index (Phi) is 6.40. The van der Waals surface area contributed by atoms with Gasteiger partial charge < -0.3 is 8.98 Å². The van der Waals surface area contributed by atoms with Crippen molar-refractivity contribution in [3.05, 3.63) is 72.4 Å². The number of benzene rings is 2. The highest BCUT2D eigenvalue weighted by Crippen LogP contribution is 2.34. The number of thioether (sulfide) groups is 1. The third-order valence-electron chi connectivity index (χ3n) is 5.57. The molecule has 0 radical (unpaired) electrons. The molecule has 8 heteroatoms. The van der Waals surface area contributed by atoms with Crippen LogP contribution in [0.2, 0.25) is 0 Å². The molecule has 0 atom stereocenters. The maximum Gasteiger partial charge on any atom is 0.226 e. The van der Waals surface area contributed by atoms with Gasteiger partial charge in [0.25, 0.3) is 0 Å². The Morgan fingerprint density at radius 3 is 2.50 bits per heavy atom. The fourth-order valence-electron chi connectivity index (χ4n) is 3.82. The van der Waals surface area contributed by atoms with Crippen molar-refractivity contribution in [1.82, 2.24) is 29.9 Å². The monoisotopic (exact) mass is 470 g/mol. The minimum Gasteiger partial charge on any atom is -0.425 e. The first kappa shape index (κ1) is 22.3. The number of nitrogens with zero attached hydrogens (tertiary/aromatic N) is 6. The molecule has 0 aliphatic heterocycles. The number of fused-ring (bicyclic) bond motifs is 1. The van der Waals surface area contributed by atoms with E-state index in [4.69, 9.17) is 9.40 Å². The van der Waals surface area contributed by atoms with Crippen LogP contribution < -0.4 is 0 Å². The first-order chi connectivity index (χ1) is 16.6. The highest BCUT2D eigenvalue weighted by atomic mass is 32.2. The van der Waals surface area contributed by atoms with Gasteiger partial charge in [-0.3, -0.25) is 0 Å². The van der Waals surface area contributed by atoms with E-state index in [9.17, 15) is 0 Å². The fraction of sp³-hybridized carbons (Fsp3) is 0.269. The second-order valence-electron chi connectivity index (χ2n) is 8.58. The van der Waals surface area contributed by atoms with Crippen LogP contribution in [-0.4, -0.2) is 29.9 Å². The highest BCUT2D eigenvalue weighted by Gasteiger charge is 2.19. The number of hydrogen-bond acceptors (Lipinski definition) is 7. The van der Waals surface area contributed by atoms with Crippen molar-refractivity contribution in [3.8, 4) is 22.6 Å². The molecule has 0 spiro atoms. The van der Waals surface area contributed by atoms with E-state index in [1.807, 2.05) is 36.4 Å². The predicted octanol–water partition coefficient (Wildman–Crippen LogP) is 6.19. The molecule has 0 saturated carbocycles. The van der Waals surface area contributed by atoms with E-state index in [0.29, 0.717) is 23.5 Å². The van der Waals surface area contributed by atoms with Crippen molar-refractivity contribution in [2.75, 3.05) is 0 Å². The van der Waals surface area contributed by atoms with E-state index in [0.717, 1.165) is 51.7 Å². The fourth-order valence-corrected chi connectivity index (χ4v) is 4.62. The van der Waals surface area contributed by atoms with Gasteiger partial charge in [0, 0.05) is 30.0 Å². The lowest BCUT2D eigenvalue weighted by atomic mass is 10.0. The zero-order valence-electron chi connectivity index (χ0n) is 19.5. The third kappa shape index (κ3) is 4.72. The summed E-state index contributed by atoms with van der Waals surface area (Å²) in [6.45, 7) is 7.08. The van der Waals surface area contributed by atoms with Gasteiger partial charge in [0.1, 0.15) is 0 Å². The summed E-state index contributed by atoms with van der Waals surface area (Å²) >= 11 is 1.56. The highest BCUT2D eigenvalue weighted by molar-refractivity contribution is 7.98. The number of aromatic nitrogens is 6. The molecule has 3 aromatic heterocycles. The topological polar surface area (TPSA) is 82.5 Å². The Labute approximate surface area is 202 Å². The lowest BCUT2D eigenvalue weighted by molar-refractivity contribution is 0.484. The standard InChI is InChI=1S/C26H26N6OS/c1-17(2)13-14-32-25(30-31-26(32)34-16-24-29-28-18(3)33-24)21-15-23(19-9-5-4-6-10-19)27-22-12-8-7-11-20(21)22/h4-12,15,17H,13-14,16H2,1-3H3. The van der Waals surface area contributed by atoms with Gasteiger partial charge in [-0.15, -0.1) is 20.4 Å². The van der Waals surface area contributed by atoms with Crippen molar-refractivity contribution in [2.45, 2.75) is 44.6 Å². The first-order valence-corrected chi connectivity index (χ1v) is 12.4. The van der Waals surface area contributed by atoms with Crippen LogP contribution in [0.25, 0.3) is 33.5 Å². The molecule has 0 N–H and O–H groups in total. The molecule has 0 amide bonds. The Morgan fingerprint density at radius 1 is 0.941 bits per heavy atom. The van der Waals surface area contributed by atoms with Gasteiger partial charge in [-0.05, 0) is 24.5 Å². The summed E-state index contributed by atoms with van der Waals surface area (Å²) in [5.41, 5.74) is 3.96. The van der Waals surface area contributed by atoms with Crippen LogP contribution in [0.1, 0.15) is 32.0 Å². The van der Waals surface area contributed by atoms with Crippen LogP contribution in [0.5, 0.6) is 0 Å². The van der Waals surface area contributed by atoms with Gasteiger partial charge in [-0.2, -0.15) is 0 Å². The largest absolute Gasteiger partial charge is 0.425 e. The predicted molar refractivity (Wildman–Crippen MR) is 134 cm³/mol. The Balaban J connectivity index is 1.60. The molecule has 0 fully saturated rings. The molecular formula is C26H26N6OS. The maximum atomic E-state index is 5.55.